The number of aromatic nitrogens is 1. The molecule has 5 heteroatoms. The SMILES string of the molecule is Cc1onc(-c2ccccc2)c1C(=O)NCC(C)(O)CCC(C)C. The van der Waals surface area contributed by atoms with E-state index in [0.29, 0.717) is 29.4 Å². The molecule has 0 bridgehead atoms. The summed E-state index contributed by atoms with van der Waals surface area (Å²) in [5, 5.41) is 17.2. The third-order valence-electron chi connectivity index (χ3n) is 4.03. The fourth-order valence-electron chi connectivity index (χ4n) is 2.48. The van der Waals surface area contributed by atoms with E-state index in [-0.39, 0.29) is 12.5 Å². The maximum absolute atomic E-state index is 12.6. The molecule has 0 fully saturated rings. The number of amides is 1. The van der Waals surface area contributed by atoms with E-state index in [4.69, 9.17) is 4.52 Å². The average Bonchev–Trinajstić information content (AvgIpc) is 2.93. The van der Waals surface area contributed by atoms with Crippen LogP contribution >= 0.6 is 0 Å². The zero-order valence-corrected chi connectivity index (χ0v) is 14.8. The van der Waals surface area contributed by atoms with Crippen molar-refractivity contribution in [3.8, 4) is 11.3 Å². The normalized spacial score (nSPS) is 13.8. The summed E-state index contributed by atoms with van der Waals surface area (Å²) in [4.78, 5) is 12.6. The first-order valence-corrected chi connectivity index (χ1v) is 8.32. The van der Waals surface area contributed by atoms with Crippen molar-refractivity contribution in [1.82, 2.24) is 10.5 Å². The molecule has 5 nitrogen and oxygen atoms in total. The highest BCUT2D eigenvalue weighted by Gasteiger charge is 2.25. The first-order chi connectivity index (χ1) is 11.3. The highest BCUT2D eigenvalue weighted by atomic mass is 16.5. The van der Waals surface area contributed by atoms with Gasteiger partial charge < -0.3 is 14.9 Å². The van der Waals surface area contributed by atoms with E-state index < -0.39 is 5.60 Å². The average molecular weight is 330 g/mol. The lowest BCUT2D eigenvalue weighted by Gasteiger charge is -2.24. The van der Waals surface area contributed by atoms with Gasteiger partial charge in [-0.05, 0) is 32.6 Å². The van der Waals surface area contributed by atoms with Crippen molar-refractivity contribution < 1.29 is 14.4 Å². The summed E-state index contributed by atoms with van der Waals surface area (Å²) in [6.07, 6.45) is 1.55. The molecule has 2 rings (SSSR count). The van der Waals surface area contributed by atoms with Gasteiger partial charge in [-0.15, -0.1) is 0 Å². The number of carbonyl (C=O) groups excluding carboxylic acids is 1. The van der Waals surface area contributed by atoms with Gasteiger partial charge in [0.1, 0.15) is 17.0 Å². The monoisotopic (exact) mass is 330 g/mol. The molecule has 1 heterocycles. The van der Waals surface area contributed by atoms with Crippen molar-refractivity contribution in [2.24, 2.45) is 5.92 Å². The van der Waals surface area contributed by atoms with Crippen molar-refractivity contribution in [2.45, 2.75) is 46.1 Å². The third-order valence-corrected chi connectivity index (χ3v) is 4.03. The Balaban J connectivity index is 2.09. The second-order valence-corrected chi connectivity index (χ2v) is 6.94. The second kappa shape index (κ2) is 7.62. The molecule has 0 spiro atoms. The second-order valence-electron chi connectivity index (χ2n) is 6.94. The van der Waals surface area contributed by atoms with Gasteiger partial charge in [-0.25, -0.2) is 0 Å². The van der Waals surface area contributed by atoms with E-state index in [0.717, 1.165) is 12.0 Å². The number of hydrogen-bond acceptors (Lipinski definition) is 4. The van der Waals surface area contributed by atoms with Crippen molar-refractivity contribution in [3.05, 3.63) is 41.7 Å². The van der Waals surface area contributed by atoms with Crippen LogP contribution < -0.4 is 5.32 Å². The lowest BCUT2D eigenvalue weighted by Crippen LogP contribution is -2.41. The highest BCUT2D eigenvalue weighted by molar-refractivity contribution is 6.00. The maximum Gasteiger partial charge on any atom is 0.257 e. The predicted octanol–water partition coefficient (Wildman–Crippen LogP) is 3.57. The van der Waals surface area contributed by atoms with Crippen molar-refractivity contribution in [1.29, 1.82) is 0 Å². The number of carbonyl (C=O) groups is 1. The van der Waals surface area contributed by atoms with Crippen LogP contribution in [0.15, 0.2) is 34.9 Å². The molecule has 1 amide bonds. The Labute approximate surface area is 143 Å². The summed E-state index contributed by atoms with van der Waals surface area (Å²) < 4.78 is 5.21. The van der Waals surface area contributed by atoms with E-state index in [2.05, 4.69) is 24.3 Å². The number of nitrogens with zero attached hydrogens (tertiary/aromatic N) is 1. The summed E-state index contributed by atoms with van der Waals surface area (Å²) in [6, 6.07) is 9.44. The van der Waals surface area contributed by atoms with Gasteiger partial charge in [0.05, 0.1) is 5.60 Å². The minimum Gasteiger partial charge on any atom is -0.388 e. The van der Waals surface area contributed by atoms with Crippen LogP contribution in [0.3, 0.4) is 0 Å². The molecule has 0 aliphatic carbocycles. The number of benzene rings is 1. The lowest BCUT2D eigenvalue weighted by molar-refractivity contribution is 0.0429. The van der Waals surface area contributed by atoms with Crippen molar-refractivity contribution in [3.63, 3.8) is 0 Å². The third kappa shape index (κ3) is 4.68. The lowest BCUT2D eigenvalue weighted by atomic mass is 9.95. The molecule has 130 valence electrons. The van der Waals surface area contributed by atoms with Crippen LogP contribution in [0.1, 0.15) is 49.7 Å². The number of aryl methyl sites for hydroxylation is 1. The van der Waals surface area contributed by atoms with Gasteiger partial charge in [0.15, 0.2) is 0 Å². The van der Waals surface area contributed by atoms with Crippen LogP contribution in [0.2, 0.25) is 0 Å². The van der Waals surface area contributed by atoms with Gasteiger partial charge in [-0.1, -0.05) is 49.3 Å². The molecule has 0 aliphatic rings. The van der Waals surface area contributed by atoms with Gasteiger partial charge >= 0.3 is 0 Å². The van der Waals surface area contributed by atoms with Gasteiger partial charge in [0.25, 0.3) is 5.91 Å². The molecule has 1 aromatic carbocycles. The molecule has 1 unspecified atom stereocenters. The Morgan fingerprint density at radius 2 is 2.00 bits per heavy atom. The Morgan fingerprint density at radius 1 is 1.33 bits per heavy atom. The van der Waals surface area contributed by atoms with Crippen LogP contribution in [0.25, 0.3) is 11.3 Å². The standard InChI is InChI=1S/C19H26N2O3/c1-13(2)10-11-19(4,23)12-20-18(22)16-14(3)24-21-17(16)15-8-6-5-7-9-15/h5-9,13,23H,10-12H2,1-4H3,(H,20,22). The van der Waals surface area contributed by atoms with Crippen LogP contribution in [-0.2, 0) is 0 Å². The Kier molecular flexibility index (Phi) is 5.78. The van der Waals surface area contributed by atoms with Crippen LogP contribution in [0.4, 0.5) is 0 Å². The fourth-order valence-corrected chi connectivity index (χ4v) is 2.48. The number of nitrogens with one attached hydrogen (secondary N) is 1. The molecule has 2 N–H and O–H groups in total. The number of aliphatic hydroxyl groups is 1. The van der Waals surface area contributed by atoms with E-state index >= 15 is 0 Å². The van der Waals surface area contributed by atoms with Crippen molar-refractivity contribution in [2.75, 3.05) is 6.54 Å². The van der Waals surface area contributed by atoms with Crippen LogP contribution in [0, 0.1) is 12.8 Å². The molecule has 0 saturated carbocycles. The molecule has 0 radical (unpaired) electrons. The molecule has 1 atom stereocenters. The van der Waals surface area contributed by atoms with Crippen LogP contribution in [-0.4, -0.2) is 28.3 Å². The topological polar surface area (TPSA) is 75.4 Å². The van der Waals surface area contributed by atoms with Crippen LogP contribution in [0.5, 0.6) is 0 Å². The molecule has 2 aromatic rings. The van der Waals surface area contributed by atoms with Crippen molar-refractivity contribution >= 4 is 5.91 Å². The number of rotatable bonds is 7. The minimum absolute atomic E-state index is 0.192. The molecule has 1 aromatic heterocycles. The molecule has 0 saturated heterocycles. The summed E-state index contributed by atoms with van der Waals surface area (Å²) >= 11 is 0. The summed E-state index contributed by atoms with van der Waals surface area (Å²) in [5.74, 6) is 0.697. The summed E-state index contributed by atoms with van der Waals surface area (Å²) in [7, 11) is 0. The minimum atomic E-state index is -0.933. The number of hydrogen-bond donors (Lipinski definition) is 2. The molecule has 0 aliphatic heterocycles. The Bertz CT molecular complexity index is 675. The zero-order chi connectivity index (χ0) is 17.7. The van der Waals surface area contributed by atoms with E-state index in [1.54, 1.807) is 13.8 Å². The van der Waals surface area contributed by atoms with Gasteiger partial charge in [-0.3, -0.25) is 4.79 Å². The largest absolute Gasteiger partial charge is 0.388 e. The first-order valence-electron chi connectivity index (χ1n) is 8.32. The quantitative estimate of drug-likeness (QED) is 0.814. The van der Waals surface area contributed by atoms with Gasteiger partial charge in [0, 0.05) is 12.1 Å². The Hall–Kier alpha value is -2.14. The zero-order valence-electron chi connectivity index (χ0n) is 14.8. The highest BCUT2D eigenvalue weighted by Crippen LogP contribution is 2.25. The summed E-state index contributed by atoms with van der Waals surface area (Å²) in [5.41, 5.74) is 0.831. The molecule has 24 heavy (non-hydrogen) atoms. The molecular formula is C19H26N2O3. The molecular weight excluding hydrogens is 304 g/mol. The fraction of sp³-hybridized carbons (Fsp3) is 0.474. The van der Waals surface area contributed by atoms with E-state index in [1.807, 2.05) is 30.3 Å². The smallest absolute Gasteiger partial charge is 0.257 e. The van der Waals surface area contributed by atoms with Gasteiger partial charge in [-0.2, -0.15) is 0 Å². The summed E-state index contributed by atoms with van der Waals surface area (Å²) in [6.45, 7) is 7.87. The van der Waals surface area contributed by atoms with E-state index in [9.17, 15) is 9.90 Å². The Morgan fingerprint density at radius 3 is 2.62 bits per heavy atom. The van der Waals surface area contributed by atoms with E-state index in [1.165, 1.54) is 0 Å². The van der Waals surface area contributed by atoms with Gasteiger partial charge in [0.2, 0.25) is 0 Å². The predicted molar refractivity (Wildman–Crippen MR) is 93.7 cm³/mol. The first kappa shape index (κ1) is 18.2. The maximum atomic E-state index is 12.6.